The molecule has 10 nitrogen and oxygen atoms in total. The molecular weight excluding hydrogens is 408 g/mol. The van der Waals surface area contributed by atoms with Crippen LogP contribution in [-0.2, 0) is 6.54 Å². The summed E-state index contributed by atoms with van der Waals surface area (Å²) in [5, 5.41) is 10.5. The zero-order valence-electron chi connectivity index (χ0n) is 19.3. The molecule has 1 aliphatic carbocycles. The van der Waals surface area contributed by atoms with Crippen molar-refractivity contribution in [2.75, 3.05) is 37.9 Å². The lowest BCUT2D eigenvalue weighted by molar-refractivity contribution is 0.254. The standard InChI is InChI=1S/C22H34N8O2/c1-14(2)18-11-17(32-29-18)13-24-22-26-20(12-21(27-22)31-9-8-30(4)5)25-15(3)10-19(28-23)16-6-7-16/h10-12,14,16,28H,3,6-9,13,23H2,1-2,4-5H3,(H2,24,25,26,27)/b19-10-. The predicted octanol–water partition coefficient (Wildman–Crippen LogP) is 2.82. The van der Waals surface area contributed by atoms with E-state index >= 15 is 0 Å². The van der Waals surface area contributed by atoms with Gasteiger partial charge in [0.05, 0.1) is 12.2 Å². The first-order chi connectivity index (χ1) is 15.3. The van der Waals surface area contributed by atoms with Crippen LogP contribution in [0.3, 0.4) is 0 Å². The molecule has 0 radical (unpaired) electrons. The van der Waals surface area contributed by atoms with Crippen molar-refractivity contribution in [1.82, 2.24) is 25.5 Å². The van der Waals surface area contributed by atoms with Crippen molar-refractivity contribution in [3.8, 4) is 5.88 Å². The molecule has 174 valence electrons. The van der Waals surface area contributed by atoms with Crippen molar-refractivity contribution in [2.24, 2.45) is 11.8 Å². The van der Waals surface area contributed by atoms with E-state index in [1.807, 2.05) is 31.1 Å². The van der Waals surface area contributed by atoms with Crippen LogP contribution in [0, 0.1) is 5.92 Å². The van der Waals surface area contributed by atoms with Crippen LogP contribution in [0.2, 0.25) is 0 Å². The van der Waals surface area contributed by atoms with Gasteiger partial charge in [0.15, 0.2) is 5.76 Å². The topological polar surface area (TPSA) is 126 Å². The monoisotopic (exact) mass is 442 g/mol. The normalized spacial score (nSPS) is 14.0. The highest BCUT2D eigenvalue weighted by Gasteiger charge is 2.25. The van der Waals surface area contributed by atoms with Gasteiger partial charge in [-0.25, -0.2) is 0 Å². The Morgan fingerprint density at radius 3 is 2.75 bits per heavy atom. The minimum Gasteiger partial charge on any atom is -0.476 e. The van der Waals surface area contributed by atoms with Crippen molar-refractivity contribution in [2.45, 2.75) is 39.2 Å². The molecule has 2 heterocycles. The maximum absolute atomic E-state index is 5.83. The molecule has 0 saturated heterocycles. The second-order valence-corrected chi connectivity index (χ2v) is 8.46. The molecule has 0 spiro atoms. The molecule has 2 aromatic heterocycles. The third-order valence-corrected chi connectivity index (χ3v) is 4.88. The van der Waals surface area contributed by atoms with Crippen molar-refractivity contribution in [3.05, 3.63) is 47.6 Å². The first-order valence-corrected chi connectivity index (χ1v) is 10.8. The molecule has 0 aliphatic heterocycles. The molecule has 0 atom stereocenters. The van der Waals surface area contributed by atoms with Crippen molar-refractivity contribution in [3.63, 3.8) is 0 Å². The van der Waals surface area contributed by atoms with Crippen LogP contribution < -0.4 is 26.6 Å². The van der Waals surface area contributed by atoms with Gasteiger partial charge in [0, 0.05) is 36.0 Å². The lowest BCUT2D eigenvalue weighted by Crippen LogP contribution is -2.22. The van der Waals surface area contributed by atoms with E-state index in [1.165, 1.54) is 0 Å². The molecular formula is C22H34N8O2. The summed E-state index contributed by atoms with van der Waals surface area (Å²) in [6, 6.07) is 3.68. The number of nitrogens with two attached hydrogens (primary N) is 1. The molecule has 1 aliphatic rings. The number of ether oxygens (including phenoxy) is 1. The zero-order chi connectivity index (χ0) is 23.1. The van der Waals surface area contributed by atoms with E-state index in [9.17, 15) is 0 Å². The molecule has 10 heteroatoms. The van der Waals surface area contributed by atoms with Crippen LogP contribution >= 0.6 is 0 Å². The Morgan fingerprint density at radius 1 is 1.34 bits per heavy atom. The molecule has 0 aromatic carbocycles. The summed E-state index contributed by atoms with van der Waals surface area (Å²) in [6.45, 7) is 9.90. The Bertz CT molecular complexity index is 934. The van der Waals surface area contributed by atoms with Crippen LogP contribution in [-0.4, -0.2) is 47.3 Å². The number of anilines is 2. The minimum atomic E-state index is 0.301. The molecule has 1 saturated carbocycles. The molecule has 0 amide bonds. The summed E-state index contributed by atoms with van der Waals surface area (Å²) in [6.07, 6.45) is 4.17. The summed E-state index contributed by atoms with van der Waals surface area (Å²) >= 11 is 0. The first kappa shape index (κ1) is 23.6. The van der Waals surface area contributed by atoms with Crippen molar-refractivity contribution >= 4 is 11.8 Å². The van der Waals surface area contributed by atoms with Gasteiger partial charge >= 0.3 is 0 Å². The fraction of sp³-hybridized carbons (Fsp3) is 0.500. The first-order valence-electron chi connectivity index (χ1n) is 10.8. The number of aromatic nitrogens is 3. The summed E-state index contributed by atoms with van der Waals surface area (Å²) in [5.74, 6) is 8.56. The molecule has 1 fully saturated rings. The van der Waals surface area contributed by atoms with Gasteiger partial charge < -0.3 is 30.2 Å². The van der Waals surface area contributed by atoms with E-state index in [-0.39, 0.29) is 0 Å². The number of nitrogens with one attached hydrogen (secondary N) is 3. The van der Waals surface area contributed by atoms with Gasteiger partial charge in [0.1, 0.15) is 12.4 Å². The van der Waals surface area contributed by atoms with Gasteiger partial charge in [-0.05, 0) is 38.9 Å². The van der Waals surface area contributed by atoms with Crippen LogP contribution in [0.15, 0.2) is 40.7 Å². The van der Waals surface area contributed by atoms with Gasteiger partial charge in [0.2, 0.25) is 11.8 Å². The number of allylic oxidation sites excluding steroid dienone is 2. The molecule has 32 heavy (non-hydrogen) atoms. The van der Waals surface area contributed by atoms with E-state index in [1.54, 1.807) is 6.07 Å². The summed E-state index contributed by atoms with van der Waals surface area (Å²) in [4.78, 5) is 11.1. The highest BCUT2D eigenvalue weighted by molar-refractivity contribution is 5.50. The molecule has 0 bridgehead atoms. The van der Waals surface area contributed by atoms with E-state index in [0.717, 1.165) is 30.8 Å². The molecule has 0 unspecified atom stereocenters. The van der Waals surface area contributed by atoms with E-state index in [2.05, 4.69) is 51.6 Å². The second-order valence-electron chi connectivity index (χ2n) is 8.46. The third-order valence-electron chi connectivity index (χ3n) is 4.88. The highest BCUT2D eigenvalue weighted by Crippen LogP contribution is 2.35. The van der Waals surface area contributed by atoms with Crippen molar-refractivity contribution < 1.29 is 9.26 Å². The van der Waals surface area contributed by atoms with Crippen LogP contribution in [0.1, 0.15) is 44.1 Å². The Morgan fingerprint density at radius 2 is 2.12 bits per heavy atom. The number of rotatable bonds is 13. The Hall–Kier alpha value is -3.11. The summed E-state index contributed by atoms with van der Waals surface area (Å²) in [7, 11) is 3.98. The van der Waals surface area contributed by atoms with Gasteiger partial charge in [-0.15, -0.1) is 0 Å². The Balaban J connectivity index is 1.71. The maximum Gasteiger partial charge on any atom is 0.228 e. The smallest absolute Gasteiger partial charge is 0.228 e. The third kappa shape index (κ3) is 7.24. The predicted molar refractivity (Wildman–Crippen MR) is 125 cm³/mol. The van der Waals surface area contributed by atoms with E-state index < -0.39 is 0 Å². The fourth-order valence-electron chi connectivity index (χ4n) is 2.89. The zero-order valence-corrected chi connectivity index (χ0v) is 19.3. The number of hydrogen-bond acceptors (Lipinski definition) is 10. The van der Waals surface area contributed by atoms with Gasteiger partial charge in [-0.3, -0.25) is 5.84 Å². The van der Waals surface area contributed by atoms with Crippen LogP contribution in [0.5, 0.6) is 5.88 Å². The second kappa shape index (κ2) is 11.0. The number of hydrazine groups is 1. The lowest BCUT2D eigenvalue weighted by atomic mass is 10.1. The van der Waals surface area contributed by atoms with Gasteiger partial charge in [-0.2, -0.15) is 9.97 Å². The summed E-state index contributed by atoms with van der Waals surface area (Å²) in [5.41, 5.74) is 5.30. The van der Waals surface area contributed by atoms with Crippen LogP contribution in [0.4, 0.5) is 11.8 Å². The maximum atomic E-state index is 5.83. The quantitative estimate of drug-likeness (QED) is 0.209. The van der Waals surface area contributed by atoms with E-state index in [0.29, 0.717) is 54.1 Å². The van der Waals surface area contributed by atoms with Gasteiger partial charge in [0.25, 0.3) is 0 Å². The number of nitrogens with zero attached hydrogens (tertiary/aromatic N) is 4. The van der Waals surface area contributed by atoms with E-state index in [4.69, 9.17) is 15.1 Å². The number of likely N-dealkylation sites (N-methyl/N-ethyl adjacent to an activating group) is 1. The fourth-order valence-corrected chi connectivity index (χ4v) is 2.89. The average molecular weight is 443 g/mol. The molecule has 5 N–H and O–H groups in total. The highest BCUT2D eigenvalue weighted by atomic mass is 16.5. The largest absolute Gasteiger partial charge is 0.476 e. The van der Waals surface area contributed by atoms with Crippen LogP contribution in [0.25, 0.3) is 0 Å². The minimum absolute atomic E-state index is 0.301. The Kier molecular flexibility index (Phi) is 8.07. The van der Waals surface area contributed by atoms with Crippen molar-refractivity contribution in [1.29, 1.82) is 0 Å². The average Bonchev–Trinajstić information content (AvgIpc) is 3.46. The molecule has 3 rings (SSSR count). The summed E-state index contributed by atoms with van der Waals surface area (Å²) < 4.78 is 11.2. The molecule has 2 aromatic rings. The van der Waals surface area contributed by atoms with Gasteiger partial charge in [-0.1, -0.05) is 25.6 Å². The SMILES string of the molecule is C=C(/C=C(\NN)C1CC1)Nc1cc(OCCN(C)C)nc(NCc2cc(C(C)C)no2)n1. The lowest BCUT2D eigenvalue weighted by Gasteiger charge is -2.14. The Labute approximate surface area is 189 Å². The number of hydrogen-bond donors (Lipinski definition) is 4.